The lowest BCUT2D eigenvalue weighted by Gasteiger charge is -2.27. The first-order chi connectivity index (χ1) is 15.5. The summed E-state index contributed by atoms with van der Waals surface area (Å²) in [5, 5.41) is 26.2. The van der Waals surface area contributed by atoms with Crippen molar-refractivity contribution in [3.8, 4) is 0 Å². The Balaban J connectivity index is 1.57. The minimum absolute atomic E-state index is 0.175. The predicted molar refractivity (Wildman–Crippen MR) is 126 cm³/mol. The maximum Gasteiger partial charge on any atom is 0.154 e. The summed E-state index contributed by atoms with van der Waals surface area (Å²) < 4.78 is 5.77. The zero-order valence-electron chi connectivity index (χ0n) is 18.5. The van der Waals surface area contributed by atoms with E-state index >= 15 is 0 Å². The van der Waals surface area contributed by atoms with Crippen LogP contribution in [0.25, 0.3) is 16.6 Å². The Morgan fingerprint density at radius 1 is 1.22 bits per heavy atom. The standard InChI is InChI=1S/C23H28N8O/c1-14(2)15-7-23(31-28-9-15)30-22-5-4-20-21(29-22)6-16(8-27-20)18(12-25-3)19(24)13-32-17-10-26-11-17/h4-9,12,14,17,24-26H,10-11,13H2,1-3H3,(H,29,30,31)/b18-12-,24-19?. The van der Waals surface area contributed by atoms with Gasteiger partial charge in [-0.1, -0.05) is 13.8 Å². The van der Waals surface area contributed by atoms with Gasteiger partial charge in [0.05, 0.1) is 35.7 Å². The number of rotatable bonds is 9. The Morgan fingerprint density at radius 2 is 2.06 bits per heavy atom. The molecule has 9 nitrogen and oxygen atoms in total. The average Bonchev–Trinajstić information content (AvgIpc) is 2.76. The fraction of sp³-hybridized carbons (Fsp3) is 0.348. The number of pyridine rings is 2. The second-order valence-corrected chi connectivity index (χ2v) is 8.03. The van der Waals surface area contributed by atoms with Crippen LogP contribution in [0.1, 0.15) is 30.9 Å². The van der Waals surface area contributed by atoms with Gasteiger partial charge in [-0.05, 0) is 35.7 Å². The summed E-state index contributed by atoms with van der Waals surface area (Å²) in [6, 6.07) is 7.69. The minimum atomic E-state index is 0.175. The van der Waals surface area contributed by atoms with Crippen LogP contribution >= 0.6 is 0 Å². The van der Waals surface area contributed by atoms with E-state index < -0.39 is 0 Å². The number of fused-ring (bicyclic) bond motifs is 1. The van der Waals surface area contributed by atoms with Gasteiger partial charge in [0.25, 0.3) is 0 Å². The molecule has 0 spiro atoms. The zero-order chi connectivity index (χ0) is 22.5. The quantitative estimate of drug-likeness (QED) is 0.381. The summed E-state index contributed by atoms with van der Waals surface area (Å²) in [5.41, 5.74) is 4.52. The van der Waals surface area contributed by atoms with Gasteiger partial charge in [0.1, 0.15) is 5.82 Å². The van der Waals surface area contributed by atoms with Gasteiger partial charge in [0.2, 0.25) is 0 Å². The number of ether oxygens (including phenoxy) is 1. The maximum absolute atomic E-state index is 8.50. The smallest absolute Gasteiger partial charge is 0.154 e. The molecular formula is C23H28N8O. The molecule has 1 aliphatic heterocycles. The van der Waals surface area contributed by atoms with Crippen LogP contribution in [0.5, 0.6) is 0 Å². The number of hydrogen-bond donors (Lipinski definition) is 4. The van der Waals surface area contributed by atoms with Crippen LogP contribution in [0, 0.1) is 5.41 Å². The van der Waals surface area contributed by atoms with Crippen molar-refractivity contribution < 1.29 is 4.74 Å². The Labute approximate surface area is 187 Å². The van der Waals surface area contributed by atoms with Gasteiger partial charge < -0.3 is 26.1 Å². The highest BCUT2D eigenvalue weighted by Crippen LogP contribution is 2.23. The molecule has 0 radical (unpaired) electrons. The third-order valence-electron chi connectivity index (χ3n) is 5.27. The van der Waals surface area contributed by atoms with Crippen molar-refractivity contribution in [2.45, 2.75) is 25.9 Å². The molecule has 0 aliphatic carbocycles. The molecule has 3 aromatic rings. The molecule has 1 aliphatic rings. The third kappa shape index (κ3) is 5.06. The largest absolute Gasteiger partial charge is 0.393 e. The second-order valence-electron chi connectivity index (χ2n) is 8.03. The van der Waals surface area contributed by atoms with Crippen LogP contribution in [-0.4, -0.2) is 58.7 Å². The van der Waals surface area contributed by atoms with Gasteiger partial charge in [-0.3, -0.25) is 4.98 Å². The van der Waals surface area contributed by atoms with Crippen LogP contribution in [0.3, 0.4) is 0 Å². The molecule has 9 heteroatoms. The second kappa shape index (κ2) is 9.80. The molecule has 166 valence electrons. The van der Waals surface area contributed by atoms with Gasteiger partial charge in [-0.2, -0.15) is 5.10 Å². The first-order valence-electron chi connectivity index (χ1n) is 10.7. The van der Waals surface area contributed by atoms with E-state index in [-0.39, 0.29) is 12.7 Å². The number of hydrogen-bond acceptors (Lipinski definition) is 9. The fourth-order valence-corrected chi connectivity index (χ4v) is 3.26. The summed E-state index contributed by atoms with van der Waals surface area (Å²) in [6.07, 6.45) is 5.50. The van der Waals surface area contributed by atoms with E-state index in [1.165, 1.54) is 0 Å². The molecule has 0 atom stereocenters. The Bertz CT molecular complexity index is 1140. The van der Waals surface area contributed by atoms with E-state index in [9.17, 15) is 0 Å². The van der Waals surface area contributed by atoms with E-state index in [2.05, 4.69) is 45.0 Å². The molecule has 0 saturated carbocycles. The van der Waals surface area contributed by atoms with E-state index in [0.29, 0.717) is 23.3 Å². The van der Waals surface area contributed by atoms with Crippen molar-refractivity contribution in [1.29, 1.82) is 5.41 Å². The molecule has 4 N–H and O–H groups in total. The lowest BCUT2D eigenvalue weighted by molar-refractivity contribution is 0.0427. The lowest BCUT2D eigenvalue weighted by Crippen LogP contribution is -2.49. The number of aromatic nitrogens is 4. The van der Waals surface area contributed by atoms with Gasteiger partial charge in [-0.25, -0.2) is 4.98 Å². The monoisotopic (exact) mass is 432 g/mol. The topological polar surface area (TPSA) is 121 Å². The van der Waals surface area contributed by atoms with E-state index in [0.717, 1.165) is 40.8 Å². The maximum atomic E-state index is 8.50. The molecule has 4 heterocycles. The average molecular weight is 433 g/mol. The van der Waals surface area contributed by atoms with Crippen LogP contribution in [-0.2, 0) is 4.74 Å². The highest BCUT2D eigenvalue weighted by molar-refractivity contribution is 6.23. The highest BCUT2D eigenvalue weighted by atomic mass is 16.5. The predicted octanol–water partition coefficient (Wildman–Crippen LogP) is 2.86. The molecule has 0 bridgehead atoms. The van der Waals surface area contributed by atoms with Crippen molar-refractivity contribution in [3.05, 3.63) is 54.0 Å². The van der Waals surface area contributed by atoms with Gasteiger partial charge in [-0.15, -0.1) is 5.10 Å². The van der Waals surface area contributed by atoms with Crippen LogP contribution in [0.2, 0.25) is 0 Å². The summed E-state index contributed by atoms with van der Waals surface area (Å²) in [5.74, 6) is 1.66. The molecule has 1 saturated heterocycles. The van der Waals surface area contributed by atoms with Gasteiger partial charge in [0.15, 0.2) is 5.82 Å². The first-order valence-corrected chi connectivity index (χ1v) is 10.7. The number of anilines is 2. The van der Waals surface area contributed by atoms with Crippen LogP contribution < -0.4 is 16.0 Å². The van der Waals surface area contributed by atoms with Gasteiger partial charge >= 0.3 is 0 Å². The fourth-order valence-electron chi connectivity index (χ4n) is 3.26. The number of nitrogens with zero attached hydrogens (tertiary/aromatic N) is 4. The van der Waals surface area contributed by atoms with Crippen molar-refractivity contribution in [1.82, 2.24) is 30.8 Å². The molecule has 3 aromatic heterocycles. The van der Waals surface area contributed by atoms with Crippen molar-refractivity contribution in [2.24, 2.45) is 0 Å². The molecule has 0 aromatic carbocycles. The Hall–Kier alpha value is -3.43. The summed E-state index contributed by atoms with van der Waals surface area (Å²) in [4.78, 5) is 9.25. The van der Waals surface area contributed by atoms with Crippen molar-refractivity contribution >= 4 is 34.0 Å². The Kier molecular flexibility index (Phi) is 6.67. The summed E-state index contributed by atoms with van der Waals surface area (Å²) in [6.45, 7) is 6.15. The molecular weight excluding hydrogens is 404 g/mol. The zero-order valence-corrected chi connectivity index (χ0v) is 18.5. The Morgan fingerprint density at radius 3 is 2.78 bits per heavy atom. The third-order valence-corrected chi connectivity index (χ3v) is 5.27. The van der Waals surface area contributed by atoms with Crippen LogP contribution in [0.15, 0.2) is 42.9 Å². The van der Waals surface area contributed by atoms with E-state index in [1.807, 2.05) is 31.3 Å². The van der Waals surface area contributed by atoms with E-state index in [4.69, 9.17) is 15.1 Å². The molecule has 0 unspecified atom stereocenters. The summed E-state index contributed by atoms with van der Waals surface area (Å²) in [7, 11) is 1.81. The highest BCUT2D eigenvalue weighted by Gasteiger charge is 2.19. The molecule has 1 fully saturated rings. The molecule has 32 heavy (non-hydrogen) atoms. The summed E-state index contributed by atoms with van der Waals surface area (Å²) >= 11 is 0. The van der Waals surface area contributed by atoms with Crippen molar-refractivity contribution in [3.63, 3.8) is 0 Å². The first kappa shape index (κ1) is 21.8. The molecule has 4 rings (SSSR count). The molecule has 0 amide bonds. The SMILES string of the molecule is CN/C=C(\C(=N)COC1CNC1)c1cnc2ccc(Nc3cc(C(C)C)cnn3)nc2c1. The van der Waals surface area contributed by atoms with Crippen LogP contribution in [0.4, 0.5) is 11.6 Å². The normalized spacial score (nSPS) is 14.4. The van der Waals surface area contributed by atoms with E-state index in [1.54, 1.807) is 18.6 Å². The van der Waals surface area contributed by atoms with Gasteiger partial charge in [0, 0.05) is 43.7 Å². The lowest BCUT2D eigenvalue weighted by atomic mass is 10.0. The van der Waals surface area contributed by atoms with Crippen molar-refractivity contribution in [2.75, 3.05) is 32.1 Å². The number of nitrogens with one attached hydrogen (secondary N) is 4. The minimum Gasteiger partial charge on any atom is -0.393 e.